The van der Waals surface area contributed by atoms with Crippen LogP contribution in [0.25, 0.3) is 0 Å². The van der Waals surface area contributed by atoms with Gasteiger partial charge in [-0.3, -0.25) is 0 Å². The quantitative estimate of drug-likeness (QED) is 0.821. The van der Waals surface area contributed by atoms with Gasteiger partial charge in [0.05, 0.1) is 18.0 Å². The van der Waals surface area contributed by atoms with Crippen LogP contribution in [0.3, 0.4) is 0 Å². The van der Waals surface area contributed by atoms with Gasteiger partial charge in [0, 0.05) is 12.6 Å². The van der Waals surface area contributed by atoms with Gasteiger partial charge in [-0.25, -0.2) is 8.42 Å². The number of sulfonamides is 1. The van der Waals surface area contributed by atoms with E-state index in [1.165, 1.54) is 4.31 Å². The normalized spacial score (nSPS) is 20.8. The maximum Gasteiger partial charge on any atom is 0.233 e. The molecule has 7 heteroatoms. The third-order valence-corrected chi connectivity index (χ3v) is 5.30. The summed E-state index contributed by atoms with van der Waals surface area (Å²) in [6.07, 6.45) is 2.14. The van der Waals surface area contributed by atoms with Gasteiger partial charge in [0.1, 0.15) is 6.10 Å². The zero-order valence-corrected chi connectivity index (χ0v) is 12.8. The van der Waals surface area contributed by atoms with Gasteiger partial charge in [-0.05, 0) is 32.3 Å². The maximum atomic E-state index is 12.1. The van der Waals surface area contributed by atoms with Crippen LogP contribution in [0.1, 0.15) is 31.9 Å². The predicted molar refractivity (Wildman–Crippen MR) is 76.1 cm³/mol. The summed E-state index contributed by atoms with van der Waals surface area (Å²) in [5.41, 5.74) is 0.827. The fourth-order valence-corrected chi connectivity index (χ4v) is 3.84. The topological polar surface area (TPSA) is 72.4 Å². The van der Waals surface area contributed by atoms with Crippen LogP contribution in [0, 0.1) is 6.92 Å². The number of aromatic nitrogens is 2. The Morgan fingerprint density at radius 2 is 2.20 bits per heavy atom. The van der Waals surface area contributed by atoms with Crippen molar-refractivity contribution in [2.75, 3.05) is 18.8 Å². The standard InChI is InChI=1S/C13H21N3O3S/c1-3-9-20(17,18)16-8-4-5-12(10-16)19-13-7-6-11(2)14-15-13/h6-7,12H,3-5,8-10H2,1-2H3. The summed E-state index contributed by atoms with van der Waals surface area (Å²) in [5.74, 6) is 0.652. The van der Waals surface area contributed by atoms with Gasteiger partial charge in [0.2, 0.25) is 15.9 Å². The van der Waals surface area contributed by atoms with Crippen LogP contribution in [0.2, 0.25) is 0 Å². The first kappa shape index (κ1) is 15.2. The van der Waals surface area contributed by atoms with E-state index in [1.54, 1.807) is 6.07 Å². The van der Waals surface area contributed by atoms with Gasteiger partial charge in [-0.1, -0.05) is 6.92 Å². The monoisotopic (exact) mass is 299 g/mol. The highest BCUT2D eigenvalue weighted by atomic mass is 32.2. The van der Waals surface area contributed by atoms with Crippen LogP contribution in [0.15, 0.2) is 12.1 Å². The molecule has 1 aromatic rings. The maximum absolute atomic E-state index is 12.1. The first-order valence-corrected chi connectivity index (χ1v) is 8.57. The first-order valence-electron chi connectivity index (χ1n) is 6.96. The molecule has 0 aliphatic carbocycles. The minimum absolute atomic E-state index is 0.146. The summed E-state index contributed by atoms with van der Waals surface area (Å²) in [4.78, 5) is 0. The fourth-order valence-electron chi connectivity index (χ4n) is 2.26. The lowest BCUT2D eigenvalue weighted by molar-refractivity contribution is 0.123. The Balaban J connectivity index is 1.98. The lowest BCUT2D eigenvalue weighted by Gasteiger charge is -2.31. The zero-order chi connectivity index (χ0) is 14.6. The molecule has 0 radical (unpaired) electrons. The van der Waals surface area contributed by atoms with Gasteiger partial charge in [-0.2, -0.15) is 9.40 Å². The highest BCUT2D eigenvalue weighted by Gasteiger charge is 2.29. The van der Waals surface area contributed by atoms with Gasteiger partial charge < -0.3 is 4.74 Å². The average Bonchev–Trinajstić information content (AvgIpc) is 2.42. The second-order valence-electron chi connectivity index (χ2n) is 5.07. The van der Waals surface area contributed by atoms with E-state index in [1.807, 2.05) is 19.9 Å². The van der Waals surface area contributed by atoms with Crippen molar-refractivity contribution in [1.82, 2.24) is 14.5 Å². The molecule has 1 aromatic heterocycles. The van der Waals surface area contributed by atoms with Crippen LogP contribution in [-0.4, -0.2) is 47.9 Å². The van der Waals surface area contributed by atoms with E-state index in [0.717, 1.165) is 18.5 Å². The van der Waals surface area contributed by atoms with Crippen molar-refractivity contribution < 1.29 is 13.2 Å². The molecule has 1 aliphatic heterocycles. The molecule has 1 saturated heterocycles. The molecule has 0 saturated carbocycles. The van der Waals surface area contributed by atoms with Crippen molar-refractivity contribution in [3.05, 3.63) is 17.8 Å². The number of ether oxygens (including phenoxy) is 1. The molecule has 1 fully saturated rings. The summed E-state index contributed by atoms with van der Waals surface area (Å²) in [7, 11) is -3.15. The number of piperidine rings is 1. The molecule has 1 atom stereocenters. The van der Waals surface area contributed by atoms with Crippen molar-refractivity contribution in [3.63, 3.8) is 0 Å². The van der Waals surface area contributed by atoms with Gasteiger partial charge in [-0.15, -0.1) is 5.10 Å². The molecule has 6 nitrogen and oxygen atoms in total. The zero-order valence-electron chi connectivity index (χ0n) is 11.9. The van der Waals surface area contributed by atoms with Gasteiger partial charge in [0.25, 0.3) is 0 Å². The van der Waals surface area contributed by atoms with E-state index in [0.29, 0.717) is 25.4 Å². The Hall–Kier alpha value is -1.21. The minimum atomic E-state index is -3.15. The summed E-state index contributed by atoms with van der Waals surface area (Å²) in [6, 6.07) is 3.60. The van der Waals surface area contributed by atoms with Crippen molar-refractivity contribution >= 4 is 10.0 Å². The molecule has 0 N–H and O–H groups in total. The Bertz CT molecular complexity index is 530. The van der Waals surface area contributed by atoms with Gasteiger partial charge in [0.15, 0.2) is 0 Å². The van der Waals surface area contributed by atoms with E-state index in [2.05, 4.69) is 10.2 Å². The third kappa shape index (κ3) is 3.89. The SMILES string of the molecule is CCCS(=O)(=O)N1CCCC(Oc2ccc(C)nn2)C1. The molecule has 2 rings (SSSR count). The molecule has 1 unspecified atom stereocenters. The van der Waals surface area contributed by atoms with Crippen LogP contribution in [-0.2, 0) is 10.0 Å². The smallest absolute Gasteiger partial charge is 0.233 e. The highest BCUT2D eigenvalue weighted by molar-refractivity contribution is 7.89. The Labute approximate surface area is 120 Å². The lowest BCUT2D eigenvalue weighted by atomic mass is 10.1. The van der Waals surface area contributed by atoms with E-state index in [9.17, 15) is 8.42 Å². The summed E-state index contributed by atoms with van der Waals surface area (Å²) >= 11 is 0. The molecular formula is C13H21N3O3S. The predicted octanol–water partition coefficient (Wildman–Crippen LogP) is 1.37. The minimum Gasteiger partial charge on any atom is -0.472 e. The molecule has 2 heterocycles. The van der Waals surface area contributed by atoms with Crippen molar-refractivity contribution in [3.8, 4) is 5.88 Å². The highest BCUT2D eigenvalue weighted by Crippen LogP contribution is 2.19. The van der Waals surface area contributed by atoms with Crippen molar-refractivity contribution in [2.24, 2.45) is 0 Å². The third-order valence-electron chi connectivity index (χ3n) is 3.26. The Morgan fingerprint density at radius 3 is 2.85 bits per heavy atom. The second-order valence-corrected chi connectivity index (χ2v) is 7.16. The molecule has 1 aliphatic rings. The summed E-state index contributed by atoms with van der Waals surface area (Å²) in [5, 5.41) is 7.89. The van der Waals surface area contributed by atoms with Crippen LogP contribution >= 0.6 is 0 Å². The van der Waals surface area contributed by atoms with Crippen LogP contribution < -0.4 is 4.74 Å². The Morgan fingerprint density at radius 1 is 1.40 bits per heavy atom. The first-order chi connectivity index (χ1) is 9.51. The molecule has 20 heavy (non-hydrogen) atoms. The van der Waals surface area contributed by atoms with E-state index >= 15 is 0 Å². The molecule has 0 bridgehead atoms. The molecule has 112 valence electrons. The van der Waals surface area contributed by atoms with Gasteiger partial charge >= 0.3 is 0 Å². The number of hydrogen-bond donors (Lipinski definition) is 0. The number of aryl methyl sites for hydroxylation is 1. The van der Waals surface area contributed by atoms with Crippen molar-refractivity contribution in [2.45, 2.75) is 39.2 Å². The second kappa shape index (κ2) is 6.49. The van der Waals surface area contributed by atoms with Crippen molar-refractivity contribution in [1.29, 1.82) is 0 Å². The van der Waals surface area contributed by atoms with E-state index in [4.69, 9.17) is 4.74 Å². The molecule has 0 amide bonds. The molecule has 0 aromatic carbocycles. The molecule has 0 spiro atoms. The lowest BCUT2D eigenvalue weighted by Crippen LogP contribution is -2.45. The van der Waals surface area contributed by atoms with E-state index < -0.39 is 10.0 Å². The fraction of sp³-hybridized carbons (Fsp3) is 0.692. The average molecular weight is 299 g/mol. The number of nitrogens with zero attached hydrogens (tertiary/aromatic N) is 3. The van der Waals surface area contributed by atoms with Crippen LogP contribution in [0.5, 0.6) is 5.88 Å². The number of hydrogen-bond acceptors (Lipinski definition) is 5. The number of rotatable bonds is 5. The summed E-state index contributed by atoms with van der Waals surface area (Å²) < 4.78 is 31.4. The molecular weight excluding hydrogens is 278 g/mol. The largest absolute Gasteiger partial charge is 0.472 e. The van der Waals surface area contributed by atoms with Crippen LogP contribution in [0.4, 0.5) is 0 Å². The van der Waals surface area contributed by atoms with E-state index in [-0.39, 0.29) is 11.9 Å². The Kier molecular flexibility index (Phi) is 4.93. The summed E-state index contributed by atoms with van der Waals surface area (Å²) in [6.45, 7) is 4.72.